The number of hydrogen-bond acceptors (Lipinski definition) is 3. The second-order valence-corrected chi connectivity index (χ2v) is 8.54. The Morgan fingerprint density at radius 2 is 1.79 bits per heavy atom. The molecule has 1 aliphatic rings. The summed E-state index contributed by atoms with van der Waals surface area (Å²) in [7, 11) is -3.41. The first-order valence-electron chi connectivity index (χ1n) is 7.93. The van der Waals surface area contributed by atoms with E-state index in [0.29, 0.717) is 11.6 Å². The molecule has 1 aliphatic heterocycles. The van der Waals surface area contributed by atoms with Crippen molar-refractivity contribution in [3.63, 3.8) is 0 Å². The van der Waals surface area contributed by atoms with Crippen molar-refractivity contribution in [2.24, 2.45) is 5.92 Å². The Kier molecular flexibility index (Phi) is 4.97. The molecule has 2 N–H and O–H groups in total. The third-order valence-corrected chi connectivity index (χ3v) is 6.83. The second-order valence-electron chi connectivity index (χ2n) is 6.30. The average molecular weight is 365 g/mol. The van der Waals surface area contributed by atoms with Crippen LogP contribution >= 0.6 is 11.6 Å². The highest BCUT2D eigenvalue weighted by atomic mass is 35.5. The number of benzene rings is 2. The lowest BCUT2D eigenvalue weighted by Gasteiger charge is -2.19. The summed E-state index contributed by atoms with van der Waals surface area (Å²) in [5.74, 6) is -0.0970. The first-order valence-corrected chi connectivity index (χ1v) is 9.85. The van der Waals surface area contributed by atoms with Gasteiger partial charge >= 0.3 is 0 Å². The predicted molar refractivity (Wildman–Crippen MR) is 97.2 cm³/mol. The molecule has 1 fully saturated rings. The van der Waals surface area contributed by atoms with Gasteiger partial charge in [-0.1, -0.05) is 66.6 Å². The fourth-order valence-corrected chi connectivity index (χ4v) is 5.38. The van der Waals surface area contributed by atoms with Gasteiger partial charge in [-0.15, -0.1) is 0 Å². The monoisotopic (exact) mass is 364 g/mol. The van der Waals surface area contributed by atoms with Gasteiger partial charge in [0.05, 0.1) is 6.17 Å². The standard InChI is InChI=1S/C18H21ClN2O2S/c1-12-7-9-14(10-8-12)17-13(2)18(21-24(17,22)23)20-11-15-5-3-4-6-16(15)19/h3-10,13,17-18,20-21H,11H2,1-2H3. The van der Waals surface area contributed by atoms with Gasteiger partial charge < -0.3 is 0 Å². The van der Waals surface area contributed by atoms with Gasteiger partial charge in [0, 0.05) is 17.5 Å². The highest BCUT2D eigenvalue weighted by Crippen LogP contribution is 2.37. The molecule has 24 heavy (non-hydrogen) atoms. The Hall–Kier alpha value is -1.40. The van der Waals surface area contributed by atoms with Gasteiger partial charge in [-0.25, -0.2) is 8.42 Å². The molecule has 128 valence electrons. The van der Waals surface area contributed by atoms with Crippen molar-refractivity contribution in [1.29, 1.82) is 0 Å². The minimum absolute atomic E-state index is 0.0970. The molecule has 0 amide bonds. The van der Waals surface area contributed by atoms with Crippen LogP contribution in [0.2, 0.25) is 5.02 Å². The summed E-state index contributed by atoms with van der Waals surface area (Å²) in [6, 6.07) is 15.2. The predicted octanol–water partition coefficient (Wildman–Crippen LogP) is 3.37. The Labute approximate surface area is 148 Å². The van der Waals surface area contributed by atoms with E-state index in [1.54, 1.807) is 0 Å². The Bertz CT molecular complexity index is 821. The molecular weight excluding hydrogens is 344 g/mol. The Balaban J connectivity index is 1.77. The van der Waals surface area contributed by atoms with E-state index < -0.39 is 15.3 Å². The average Bonchev–Trinajstić information content (AvgIpc) is 2.77. The maximum absolute atomic E-state index is 12.6. The van der Waals surface area contributed by atoms with Crippen LogP contribution in [0.5, 0.6) is 0 Å². The molecule has 3 atom stereocenters. The van der Waals surface area contributed by atoms with Gasteiger partial charge in [-0.3, -0.25) is 5.32 Å². The smallest absolute Gasteiger partial charge is 0.220 e. The van der Waals surface area contributed by atoms with Gasteiger partial charge in [0.2, 0.25) is 10.0 Å². The second kappa shape index (κ2) is 6.84. The Morgan fingerprint density at radius 1 is 1.12 bits per heavy atom. The molecule has 4 nitrogen and oxygen atoms in total. The number of aryl methyl sites for hydroxylation is 1. The van der Waals surface area contributed by atoms with Crippen LogP contribution in [0.1, 0.15) is 28.9 Å². The van der Waals surface area contributed by atoms with Crippen molar-refractivity contribution in [2.75, 3.05) is 0 Å². The van der Waals surface area contributed by atoms with Crippen molar-refractivity contribution >= 4 is 21.6 Å². The third kappa shape index (κ3) is 3.49. The molecule has 0 aromatic heterocycles. The molecule has 0 bridgehead atoms. The molecule has 3 rings (SSSR count). The fourth-order valence-electron chi connectivity index (χ4n) is 3.14. The van der Waals surface area contributed by atoms with Crippen LogP contribution < -0.4 is 10.0 Å². The van der Waals surface area contributed by atoms with Crippen LogP contribution in [0.25, 0.3) is 0 Å². The SMILES string of the molecule is Cc1ccc(C2C(C)C(NCc3ccccc3Cl)NS2(=O)=O)cc1. The quantitative estimate of drug-likeness (QED) is 0.874. The fraction of sp³-hybridized carbons (Fsp3) is 0.333. The van der Waals surface area contributed by atoms with Gasteiger partial charge in [0.15, 0.2) is 0 Å². The molecule has 1 saturated heterocycles. The molecule has 0 aliphatic carbocycles. The minimum Gasteiger partial charge on any atom is -0.297 e. The third-order valence-electron chi connectivity index (χ3n) is 4.51. The van der Waals surface area contributed by atoms with Crippen LogP contribution in [-0.4, -0.2) is 14.6 Å². The largest absolute Gasteiger partial charge is 0.297 e. The molecule has 0 spiro atoms. The van der Waals surface area contributed by atoms with E-state index in [0.717, 1.165) is 16.7 Å². The van der Waals surface area contributed by atoms with E-state index in [2.05, 4.69) is 10.0 Å². The molecule has 2 aromatic rings. The maximum atomic E-state index is 12.6. The first-order chi connectivity index (χ1) is 11.4. The Morgan fingerprint density at radius 3 is 2.46 bits per heavy atom. The first kappa shape index (κ1) is 17.4. The molecule has 3 unspecified atom stereocenters. The topological polar surface area (TPSA) is 58.2 Å². The van der Waals surface area contributed by atoms with Gasteiger partial charge in [0.1, 0.15) is 5.25 Å². The molecule has 1 heterocycles. The lowest BCUT2D eigenvalue weighted by atomic mass is 9.97. The zero-order valence-corrected chi connectivity index (χ0v) is 15.2. The summed E-state index contributed by atoms with van der Waals surface area (Å²) >= 11 is 6.16. The van der Waals surface area contributed by atoms with Crippen molar-refractivity contribution in [2.45, 2.75) is 31.8 Å². The van der Waals surface area contributed by atoms with Gasteiger partial charge in [-0.2, -0.15) is 4.72 Å². The van der Waals surface area contributed by atoms with Crippen molar-refractivity contribution in [3.05, 3.63) is 70.2 Å². The van der Waals surface area contributed by atoms with E-state index in [9.17, 15) is 8.42 Å². The number of sulfonamides is 1. The van der Waals surface area contributed by atoms with E-state index >= 15 is 0 Å². The number of rotatable bonds is 4. The van der Waals surface area contributed by atoms with Crippen molar-refractivity contribution in [1.82, 2.24) is 10.0 Å². The summed E-state index contributed by atoms with van der Waals surface area (Å²) in [4.78, 5) is 0. The number of hydrogen-bond donors (Lipinski definition) is 2. The van der Waals surface area contributed by atoms with E-state index in [-0.39, 0.29) is 12.1 Å². The van der Waals surface area contributed by atoms with Gasteiger partial charge in [0.25, 0.3) is 0 Å². The minimum atomic E-state index is -3.41. The zero-order chi connectivity index (χ0) is 17.3. The van der Waals surface area contributed by atoms with Crippen molar-refractivity contribution < 1.29 is 8.42 Å². The lowest BCUT2D eigenvalue weighted by Crippen LogP contribution is -2.41. The molecule has 6 heteroatoms. The number of halogens is 1. The highest BCUT2D eigenvalue weighted by molar-refractivity contribution is 7.90. The van der Waals surface area contributed by atoms with Crippen molar-refractivity contribution in [3.8, 4) is 0 Å². The summed E-state index contributed by atoms with van der Waals surface area (Å²) in [5.41, 5.74) is 2.88. The summed E-state index contributed by atoms with van der Waals surface area (Å²) in [6.07, 6.45) is -0.322. The highest BCUT2D eigenvalue weighted by Gasteiger charge is 2.44. The summed E-state index contributed by atoms with van der Waals surface area (Å²) in [5, 5.41) is 3.40. The lowest BCUT2D eigenvalue weighted by molar-refractivity contribution is 0.382. The molecule has 0 saturated carbocycles. The van der Waals surface area contributed by atoms with Crippen LogP contribution in [-0.2, 0) is 16.6 Å². The zero-order valence-electron chi connectivity index (χ0n) is 13.7. The maximum Gasteiger partial charge on any atom is 0.220 e. The van der Waals surface area contributed by atoms with Crippen LogP contribution in [0.15, 0.2) is 48.5 Å². The van der Waals surface area contributed by atoms with Gasteiger partial charge in [-0.05, 0) is 24.1 Å². The molecule has 2 aromatic carbocycles. The van der Waals surface area contributed by atoms with Crippen LogP contribution in [0.3, 0.4) is 0 Å². The molecule has 0 radical (unpaired) electrons. The summed E-state index contributed by atoms with van der Waals surface area (Å²) in [6.45, 7) is 4.45. The van der Waals surface area contributed by atoms with Crippen LogP contribution in [0.4, 0.5) is 0 Å². The number of nitrogens with one attached hydrogen (secondary N) is 2. The van der Waals surface area contributed by atoms with Crippen LogP contribution in [0, 0.1) is 12.8 Å². The van der Waals surface area contributed by atoms with E-state index in [4.69, 9.17) is 11.6 Å². The van der Waals surface area contributed by atoms with E-state index in [1.165, 1.54) is 0 Å². The molecular formula is C18H21ClN2O2S. The summed E-state index contributed by atoms with van der Waals surface area (Å²) < 4.78 is 27.9. The normalized spacial score (nSPS) is 25.7. The van der Waals surface area contributed by atoms with E-state index in [1.807, 2.05) is 62.4 Å².